The molecule has 1 amide bonds. The highest BCUT2D eigenvalue weighted by Gasteiger charge is 2.44. The number of benzene rings is 1. The molecule has 0 saturated carbocycles. The van der Waals surface area contributed by atoms with Crippen LogP contribution in [-0.4, -0.2) is 48.0 Å². The second-order valence-electron chi connectivity index (χ2n) is 6.87. The van der Waals surface area contributed by atoms with Gasteiger partial charge in [0.15, 0.2) is 5.54 Å². The molecule has 2 rings (SSSR count). The average Bonchev–Trinajstić information content (AvgIpc) is 2.66. The number of hydrogen-bond acceptors (Lipinski definition) is 8. The Balaban J connectivity index is 2.78. The zero-order chi connectivity index (χ0) is 23.4. The van der Waals surface area contributed by atoms with Gasteiger partial charge in [-0.25, -0.2) is 4.98 Å². The highest BCUT2D eigenvalue weighted by Crippen LogP contribution is 2.35. The number of aromatic nitrogens is 2. The van der Waals surface area contributed by atoms with E-state index in [-0.39, 0.29) is 41.9 Å². The summed E-state index contributed by atoms with van der Waals surface area (Å²) in [6.45, 7) is 1.64. The number of primary amides is 1. The summed E-state index contributed by atoms with van der Waals surface area (Å²) in [5.74, 6) is -1.45. The fraction of sp³-hybridized carbons (Fsp3) is 0.368. The molecule has 1 atom stereocenters. The molecule has 0 radical (unpaired) electrons. The van der Waals surface area contributed by atoms with Crippen LogP contribution in [0, 0.1) is 11.3 Å². The number of nitrogen functional groups attached to an aromatic ring is 1. The van der Waals surface area contributed by atoms with E-state index in [0.717, 1.165) is 12.1 Å². The molecule has 5 N–H and O–H groups in total. The van der Waals surface area contributed by atoms with Crippen LogP contribution in [-0.2, 0) is 16.5 Å². The SMILES string of the molecule is CCOc1nc(N)nc([C@@](CN(C)C)(Nc2cccc(C(F)(F)F)c2)C(N)=O)c1C#N. The van der Waals surface area contributed by atoms with Crippen LogP contribution in [0.5, 0.6) is 5.88 Å². The number of carbonyl (C=O) groups is 1. The molecule has 0 fully saturated rings. The number of rotatable bonds is 8. The molecule has 31 heavy (non-hydrogen) atoms. The molecule has 0 unspecified atom stereocenters. The molecule has 0 aliphatic carbocycles. The molecule has 2 aromatic rings. The Morgan fingerprint density at radius 3 is 2.52 bits per heavy atom. The number of amides is 1. The van der Waals surface area contributed by atoms with E-state index in [0.29, 0.717) is 0 Å². The maximum atomic E-state index is 13.2. The molecule has 12 heteroatoms. The monoisotopic (exact) mass is 437 g/mol. The first-order valence-electron chi connectivity index (χ1n) is 9.05. The van der Waals surface area contributed by atoms with Gasteiger partial charge in [-0.3, -0.25) is 4.79 Å². The van der Waals surface area contributed by atoms with E-state index in [1.165, 1.54) is 12.1 Å². The van der Waals surface area contributed by atoms with Gasteiger partial charge in [0.25, 0.3) is 5.91 Å². The molecule has 0 aliphatic rings. The Hall–Kier alpha value is -3.59. The summed E-state index contributed by atoms with van der Waals surface area (Å²) in [5, 5.41) is 12.5. The van der Waals surface area contributed by atoms with Gasteiger partial charge in [0, 0.05) is 12.2 Å². The second-order valence-corrected chi connectivity index (χ2v) is 6.87. The number of hydrogen-bond donors (Lipinski definition) is 3. The van der Waals surface area contributed by atoms with Gasteiger partial charge in [-0.2, -0.15) is 23.4 Å². The van der Waals surface area contributed by atoms with E-state index in [9.17, 15) is 23.2 Å². The Kier molecular flexibility index (Phi) is 6.91. The minimum atomic E-state index is -4.60. The van der Waals surface area contributed by atoms with E-state index in [1.807, 2.05) is 6.07 Å². The lowest BCUT2D eigenvalue weighted by molar-refractivity contribution is -0.137. The quantitative estimate of drug-likeness (QED) is 0.566. The summed E-state index contributed by atoms with van der Waals surface area (Å²) < 4.78 is 44.9. The van der Waals surface area contributed by atoms with E-state index in [4.69, 9.17) is 16.2 Å². The predicted molar refractivity (Wildman–Crippen MR) is 107 cm³/mol. The number of likely N-dealkylation sites (N-methyl/N-ethyl adjacent to an activating group) is 1. The smallest absolute Gasteiger partial charge is 0.416 e. The number of nitrogens with one attached hydrogen (secondary N) is 1. The van der Waals surface area contributed by atoms with Crippen molar-refractivity contribution >= 4 is 17.5 Å². The van der Waals surface area contributed by atoms with Crippen molar-refractivity contribution in [3.63, 3.8) is 0 Å². The van der Waals surface area contributed by atoms with Gasteiger partial charge >= 0.3 is 6.18 Å². The predicted octanol–water partition coefficient (Wildman–Crippen LogP) is 1.70. The van der Waals surface area contributed by atoms with Crippen LogP contribution in [0.25, 0.3) is 0 Å². The molecule has 0 spiro atoms. The number of carbonyl (C=O) groups excluding carboxylic acids is 1. The lowest BCUT2D eigenvalue weighted by Gasteiger charge is -2.35. The number of nitrogens with two attached hydrogens (primary N) is 2. The molecule has 0 aliphatic heterocycles. The number of halogens is 3. The van der Waals surface area contributed by atoms with Crippen LogP contribution in [0.2, 0.25) is 0 Å². The standard InChI is InChI=1S/C19H22F3N7O2/c1-4-31-15-13(9-23)14(26-17(25)27-15)18(16(24)30,10-29(2)3)28-12-7-5-6-11(8-12)19(20,21)22/h5-8,28H,4,10H2,1-3H3,(H2,24,30)(H2,25,26,27)/t18-/m1/s1. The number of ether oxygens (including phenoxy) is 1. The maximum absolute atomic E-state index is 13.2. The van der Waals surface area contributed by atoms with Gasteiger partial charge in [-0.15, -0.1) is 0 Å². The van der Waals surface area contributed by atoms with Crippen molar-refractivity contribution in [3.8, 4) is 11.9 Å². The minimum absolute atomic E-state index is 0.0606. The first-order valence-corrected chi connectivity index (χ1v) is 9.05. The van der Waals surface area contributed by atoms with Crippen molar-refractivity contribution in [1.29, 1.82) is 5.26 Å². The van der Waals surface area contributed by atoms with Crippen LogP contribution in [0.4, 0.5) is 24.8 Å². The Morgan fingerprint density at radius 2 is 2.00 bits per heavy atom. The maximum Gasteiger partial charge on any atom is 0.416 e. The van der Waals surface area contributed by atoms with Crippen molar-refractivity contribution in [3.05, 3.63) is 41.1 Å². The largest absolute Gasteiger partial charge is 0.477 e. The van der Waals surface area contributed by atoms with Gasteiger partial charge in [0.2, 0.25) is 11.8 Å². The number of anilines is 2. The summed E-state index contributed by atoms with van der Waals surface area (Å²) >= 11 is 0. The fourth-order valence-electron chi connectivity index (χ4n) is 3.03. The van der Waals surface area contributed by atoms with Gasteiger partial charge in [-0.05, 0) is 39.2 Å². The Labute approximate surface area is 176 Å². The summed E-state index contributed by atoms with van der Waals surface area (Å²) in [4.78, 5) is 22.2. The normalized spacial score (nSPS) is 13.4. The number of nitrogens with zero attached hydrogens (tertiary/aromatic N) is 4. The molecule has 0 saturated heterocycles. The fourth-order valence-corrected chi connectivity index (χ4v) is 3.03. The lowest BCUT2D eigenvalue weighted by Crippen LogP contribution is -2.55. The summed E-state index contributed by atoms with van der Waals surface area (Å²) in [6.07, 6.45) is -4.60. The topological polar surface area (TPSA) is 143 Å². The molecular weight excluding hydrogens is 415 g/mol. The van der Waals surface area contributed by atoms with E-state index in [1.54, 1.807) is 25.9 Å². The van der Waals surface area contributed by atoms with Crippen LogP contribution in [0.15, 0.2) is 24.3 Å². The molecule has 1 heterocycles. The first kappa shape index (κ1) is 23.7. The molecule has 1 aromatic heterocycles. The van der Waals surface area contributed by atoms with Gasteiger partial charge in [0.1, 0.15) is 17.3 Å². The van der Waals surface area contributed by atoms with Crippen molar-refractivity contribution in [2.75, 3.05) is 38.3 Å². The van der Waals surface area contributed by atoms with Crippen LogP contribution in [0.3, 0.4) is 0 Å². The molecule has 0 bridgehead atoms. The Bertz CT molecular complexity index is 1000. The van der Waals surface area contributed by atoms with Gasteiger partial charge in [-0.1, -0.05) is 6.07 Å². The average molecular weight is 437 g/mol. The summed E-state index contributed by atoms with van der Waals surface area (Å²) in [7, 11) is 3.23. The summed E-state index contributed by atoms with van der Waals surface area (Å²) in [5.41, 5.74) is 8.14. The highest BCUT2D eigenvalue weighted by molar-refractivity contribution is 5.90. The number of nitriles is 1. The minimum Gasteiger partial charge on any atom is -0.477 e. The molecule has 166 valence electrons. The van der Waals surface area contributed by atoms with Crippen molar-refractivity contribution in [1.82, 2.24) is 14.9 Å². The third kappa shape index (κ3) is 5.13. The molecule has 1 aromatic carbocycles. The first-order chi connectivity index (χ1) is 14.4. The van der Waals surface area contributed by atoms with Crippen molar-refractivity contribution in [2.24, 2.45) is 5.73 Å². The Morgan fingerprint density at radius 1 is 1.32 bits per heavy atom. The second kappa shape index (κ2) is 9.05. The van der Waals surface area contributed by atoms with E-state index in [2.05, 4.69) is 15.3 Å². The van der Waals surface area contributed by atoms with Crippen LogP contribution in [0.1, 0.15) is 23.7 Å². The molecular formula is C19H22F3N7O2. The van der Waals surface area contributed by atoms with Gasteiger partial charge in [0.05, 0.1) is 12.2 Å². The van der Waals surface area contributed by atoms with Crippen molar-refractivity contribution < 1.29 is 22.7 Å². The zero-order valence-corrected chi connectivity index (χ0v) is 17.1. The number of alkyl halides is 3. The van der Waals surface area contributed by atoms with Crippen LogP contribution >= 0.6 is 0 Å². The van der Waals surface area contributed by atoms with Crippen LogP contribution < -0.4 is 21.5 Å². The highest BCUT2D eigenvalue weighted by atomic mass is 19.4. The lowest BCUT2D eigenvalue weighted by atomic mass is 9.89. The third-order valence-corrected chi connectivity index (χ3v) is 4.21. The van der Waals surface area contributed by atoms with E-state index < -0.39 is 23.2 Å². The molecule has 9 nitrogen and oxygen atoms in total. The third-order valence-electron chi connectivity index (χ3n) is 4.21. The summed E-state index contributed by atoms with van der Waals surface area (Å²) in [6, 6.07) is 6.11. The van der Waals surface area contributed by atoms with Gasteiger partial charge < -0.3 is 26.4 Å². The van der Waals surface area contributed by atoms with Crippen molar-refractivity contribution in [2.45, 2.75) is 18.6 Å². The van der Waals surface area contributed by atoms with E-state index >= 15 is 0 Å². The zero-order valence-electron chi connectivity index (χ0n) is 17.1.